The molecule has 7 nitrogen and oxygen atoms in total. The number of carbonyl (C=O) groups excluding carboxylic acids is 4. The number of hydrogen-bond donors (Lipinski definition) is 2. The molecule has 1 saturated carbocycles. The number of nitrogens with one attached hydrogen (secondary N) is 2. The minimum atomic E-state index is -0.976. The third kappa shape index (κ3) is 3.95. The number of hydrogen-bond acceptors (Lipinski definition) is 4. The fourth-order valence-electron chi connectivity index (χ4n) is 3.78. The molecule has 0 bridgehead atoms. The molecule has 1 heterocycles. The van der Waals surface area contributed by atoms with Crippen LogP contribution >= 0.6 is 0 Å². The van der Waals surface area contributed by atoms with Gasteiger partial charge < -0.3 is 10.6 Å². The molecule has 0 aromatic heterocycles. The van der Waals surface area contributed by atoms with E-state index in [1.165, 1.54) is 0 Å². The zero-order chi connectivity index (χ0) is 22.3. The average molecular weight is 419 g/mol. The van der Waals surface area contributed by atoms with Crippen molar-refractivity contribution in [2.24, 2.45) is 5.92 Å². The lowest BCUT2D eigenvalue weighted by Crippen LogP contribution is -2.50. The summed E-state index contributed by atoms with van der Waals surface area (Å²) < 4.78 is 0. The first-order chi connectivity index (χ1) is 14.8. The fourth-order valence-corrected chi connectivity index (χ4v) is 3.78. The zero-order valence-corrected chi connectivity index (χ0v) is 17.8. The molecular weight excluding hydrogens is 394 g/mol. The Morgan fingerprint density at radius 2 is 1.61 bits per heavy atom. The zero-order valence-electron chi connectivity index (χ0n) is 17.8. The van der Waals surface area contributed by atoms with E-state index in [0.29, 0.717) is 22.4 Å². The second-order valence-corrected chi connectivity index (χ2v) is 8.48. The van der Waals surface area contributed by atoms with E-state index < -0.39 is 23.8 Å². The van der Waals surface area contributed by atoms with Gasteiger partial charge in [-0.1, -0.05) is 32.0 Å². The summed E-state index contributed by atoms with van der Waals surface area (Å²) in [5.41, 5.74) is 2.33. The van der Waals surface area contributed by atoms with E-state index in [1.807, 2.05) is 6.92 Å². The van der Waals surface area contributed by atoms with Gasteiger partial charge in [-0.3, -0.25) is 24.1 Å². The largest absolute Gasteiger partial charge is 0.349 e. The maximum Gasteiger partial charge on any atom is 0.262 e. The number of carbonyl (C=O) groups is 4. The minimum Gasteiger partial charge on any atom is -0.349 e. The molecule has 0 saturated heterocycles. The van der Waals surface area contributed by atoms with Crippen molar-refractivity contribution in [3.8, 4) is 0 Å². The number of amides is 4. The van der Waals surface area contributed by atoms with Crippen molar-refractivity contribution in [3.63, 3.8) is 0 Å². The third-order valence-corrected chi connectivity index (χ3v) is 5.67. The van der Waals surface area contributed by atoms with E-state index in [2.05, 4.69) is 10.6 Å². The Hall–Kier alpha value is -3.48. The summed E-state index contributed by atoms with van der Waals surface area (Å²) in [6.07, 6.45) is 1.97. The van der Waals surface area contributed by atoms with Crippen LogP contribution in [0.4, 0.5) is 5.69 Å². The average Bonchev–Trinajstić information content (AvgIpc) is 3.52. The summed E-state index contributed by atoms with van der Waals surface area (Å²) in [5.74, 6) is -1.89. The van der Waals surface area contributed by atoms with Gasteiger partial charge >= 0.3 is 0 Å². The molecule has 2 aliphatic rings. The van der Waals surface area contributed by atoms with Crippen LogP contribution in [0.5, 0.6) is 0 Å². The molecule has 2 aromatic rings. The molecule has 31 heavy (non-hydrogen) atoms. The lowest BCUT2D eigenvalue weighted by atomic mass is 10.0. The summed E-state index contributed by atoms with van der Waals surface area (Å²) >= 11 is 0. The van der Waals surface area contributed by atoms with Crippen LogP contribution in [0, 0.1) is 12.8 Å². The van der Waals surface area contributed by atoms with Gasteiger partial charge in [-0.05, 0) is 55.5 Å². The van der Waals surface area contributed by atoms with Crippen LogP contribution in [0.1, 0.15) is 63.3 Å². The molecule has 1 fully saturated rings. The highest BCUT2D eigenvalue weighted by Crippen LogP contribution is 2.28. The predicted molar refractivity (Wildman–Crippen MR) is 116 cm³/mol. The molecule has 4 rings (SSSR count). The van der Waals surface area contributed by atoms with Crippen LogP contribution in [-0.4, -0.2) is 40.6 Å². The third-order valence-electron chi connectivity index (χ3n) is 5.67. The molecule has 1 aliphatic heterocycles. The number of fused-ring (bicyclic) bond motifs is 1. The second-order valence-electron chi connectivity index (χ2n) is 8.48. The molecule has 4 amide bonds. The number of benzene rings is 2. The highest BCUT2D eigenvalue weighted by molar-refractivity contribution is 6.23. The van der Waals surface area contributed by atoms with Crippen molar-refractivity contribution in [2.45, 2.75) is 45.7 Å². The SMILES string of the molecule is Cc1ccc(C(=O)NC2CC2)cc1NC(=O)C(C(C)C)N1C(=O)c2ccccc2C1=O. The number of aryl methyl sites for hydroxylation is 1. The Balaban J connectivity index is 1.58. The molecular formula is C24H25N3O4. The Morgan fingerprint density at radius 3 is 2.16 bits per heavy atom. The minimum absolute atomic E-state index is 0.182. The van der Waals surface area contributed by atoms with Crippen LogP contribution in [0.15, 0.2) is 42.5 Å². The van der Waals surface area contributed by atoms with Gasteiger partial charge in [-0.25, -0.2) is 0 Å². The molecule has 1 aliphatic carbocycles. The van der Waals surface area contributed by atoms with Crippen molar-refractivity contribution in [1.82, 2.24) is 10.2 Å². The van der Waals surface area contributed by atoms with Crippen LogP contribution in [-0.2, 0) is 4.79 Å². The number of imide groups is 1. The van der Waals surface area contributed by atoms with E-state index in [9.17, 15) is 19.2 Å². The fraction of sp³-hybridized carbons (Fsp3) is 0.333. The quantitative estimate of drug-likeness (QED) is 0.703. The molecule has 160 valence electrons. The Morgan fingerprint density at radius 1 is 1.00 bits per heavy atom. The van der Waals surface area contributed by atoms with Gasteiger partial charge in [-0.2, -0.15) is 0 Å². The van der Waals surface area contributed by atoms with Crippen LogP contribution in [0.25, 0.3) is 0 Å². The summed E-state index contributed by atoms with van der Waals surface area (Å²) in [7, 11) is 0. The highest BCUT2D eigenvalue weighted by Gasteiger charge is 2.44. The molecule has 0 spiro atoms. The van der Waals surface area contributed by atoms with Crippen LogP contribution < -0.4 is 10.6 Å². The van der Waals surface area contributed by atoms with Crippen molar-refractivity contribution in [2.75, 3.05) is 5.32 Å². The first-order valence-corrected chi connectivity index (χ1v) is 10.5. The normalized spacial score (nSPS) is 16.3. The van der Waals surface area contributed by atoms with Crippen molar-refractivity contribution >= 4 is 29.3 Å². The Kier molecular flexibility index (Phi) is 5.35. The summed E-state index contributed by atoms with van der Waals surface area (Å²) in [4.78, 5) is 52.5. The summed E-state index contributed by atoms with van der Waals surface area (Å²) in [6.45, 7) is 5.41. The van der Waals surface area contributed by atoms with Crippen molar-refractivity contribution in [3.05, 3.63) is 64.7 Å². The standard InChI is InChI=1S/C24H25N3O4/c1-13(2)20(27-23(30)17-6-4-5-7-18(17)24(27)31)22(29)26-19-12-15(9-8-14(19)3)21(28)25-16-10-11-16/h4-9,12-13,16,20H,10-11H2,1-3H3,(H,25,28)(H,26,29). The number of nitrogens with zero attached hydrogens (tertiary/aromatic N) is 1. The first-order valence-electron chi connectivity index (χ1n) is 10.5. The Bertz CT molecular complexity index is 1050. The van der Waals surface area contributed by atoms with E-state index in [0.717, 1.165) is 23.3 Å². The number of rotatable bonds is 6. The van der Waals surface area contributed by atoms with Crippen LogP contribution in [0.2, 0.25) is 0 Å². The van der Waals surface area contributed by atoms with E-state index in [1.54, 1.807) is 56.3 Å². The van der Waals surface area contributed by atoms with Gasteiger partial charge in [0, 0.05) is 17.3 Å². The van der Waals surface area contributed by atoms with Gasteiger partial charge in [0.2, 0.25) is 5.91 Å². The Labute approximate surface area is 180 Å². The van der Waals surface area contributed by atoms with E-state index in [4.69, 9.17) is 0 Å². The van der Waals surface area contributed by atoms with Crippen molar-refractivity contribution < 1.29 is 19.2 Å². The summed E-state index contributed by atoms with van der Waals surface area (Å²) in [5, 5.41) is 5.76. The van der Waals surface area contributed by atoms with Crippen LogP contribution in [0.3, 0.4) is 0 Å². The predicted octanol–water partition coefficient (Wildman–Crippen LogP) is 3.15. The molecule has 0 radical (unpaired) electrons. The topological polar surface area (TPSA) is 95.6 Å². The van der Waals surface area contributed by atoms with Gasteiger partial charge in [0.1, 0.15) is 6.04 Å². The molecule has 2 aromatic carbocycles. The van der Waals surface area contributed by atoms with Gasteiger partial charge in [0.15, 0.2) is 0 Å². The maximum atomic E-state index is 13.2. The highest BCUT2D eigenvalue weighted by atomic mass is 16.2. The van der Waals surface area contributed by atoms with E-state index >= 15 is 0 Å². The molecule has 2 N–H and O–H groups in total. The van der Waals surface area contributed by atoms with E-state index in [-0.39, 0.29) is 17.9 Å². The molecule has 7 heteroatoms. The lowest BCUT2D eigenvalue weighted by Gasteiger charge is -2.28. The second kappa shape index (κ2) is 7.98. The van der Waals surface area contributed by atoms with Gasteiger partial charge in [-0.15, -0.1) is 0 Å². The summed E-state index contributed by atoms with van der Waals surface area (Å²) in [6, 6.07) is 10.9. The lowest BCUT2D eigenvalue weighted by molar-refractivity contribution is -0.121. The smallest absolute Gasteiger partial charge is 0.262 e. The number of anilines is 1. The monoisotopic (exact) mass is 419 g/mol. The maximum absolute atomic E-state index is 13.2. The molecule has 1 unspecified atom stereocenters. The van der Waals surface area contributed by atoms with Gasteiger partial charge in [0.25, 0.3) is 17.7 Å². The molecule has 1 atom stereocenters. The van der Waals surface area contributed by atoms with Gasteiger partial charge in [0.05, 0.1) is 11.1 Å². The first kappa shape index (κ1) is 20.8. The van der Waals surface area contributed by atoms with Crippen molar-refractivity contribution in [1.29, 1.82) is 0 Å².